The lowest BCUT2D eigenvalue weighted by Gasteiger charge is -2.38. The number of nitriles is 1. The molecule has 1 atom stereocenters. The van der Waals surface area contributed by atoms with E-state index in [9.17, 15) is 4.79 Å². The highest BCUT2D eigenvalue weighted by Crippen LogP contribution is 2.17. The average Bonchev–Trinajstić information content (AvgIpc) is 2.41. The summed E-state index contributed by atoms with van der Waals surface area (Å²) >= 11 is 0. The molecule has 4 nitrogen and oxygen atoms in total. The second-order valence-corrected chi connectivity index (χ2v) is 5.09. The van der Waals surface area contributed by atoms with Crippen molar-refractivity contribution in [3.05, 3.63) is 35.4 Å². The zero-order valence-corrected chi connectivity index (χ0v) is 11.5. The first-order valence-corrected chi connectivity index (χ1v) is 6.53. The van der Waals surface area contributed by atoms with Gasteiger partial charge in [0.15, 0.2) is 0 Å². The molecule has 1 aliphatic rings. The van der Waals surface area contributed by atoms with Crippen molar-refractivity contribution in [1.29, 1.82) is 5.26 Å². The zero-order valence-electron chi connectivity index (χ0n) is 11.5. The fraction of sp³-hybridized carbons (Fsp3) is 0.467. The minimum Gasteiger partial charge on any atom is -0.343 e. The Morgan fingerprint density at radius 2 is 2.00 bits per heavy atom. The van der Waals surface area contributed by atoms with Gasteiger partial charge in [-0.15, -0.1) is 0 Å². The largest absolute Gasteiger partial charge is 0.343 e. The van der Waals surface area contributed by atoms with Gasteiger partial charge < -0.3 is 4.90 Å². The summed E-state index contributed by atoms with van der Waals surface area (Å²) in [6.07, 6.45) is 0.259. The number of hydrogen-bond acceptors (Lipinski definition) is 3. The fourth-order valence-electron chi connectivity index (χ4n) is 2.38. The first-order valence-electron chi connectivity index (χ1n) is 6.53. The van der Waals surface area contributed by atoms with Gasteiger partial charge in [-0.3, -0.25) is 9.69 Å². The third-order valence-electron chi connectivity index (χ3n) is 3.62. The quantitative estimate of drug-likeness (QED) is 0.825. The van der Waals surface area contributed by atoms with Gasteiger partial charge in [0, 0.05) is 26.7 Å². The molecule has 1 amide bonds. The minimum absolute atomic E-state index is 0.0555. The van der Waals surface area contributed by atoms with E-state index in [0.29, 0.717) is 0 Å². The van der Waals surface area contributed by atoms with Gasteiger partial charge in [-0.2, -0.15) is 5.26 Å². The van der Waals surface area contributed by atoms with Crippen molar-refractivity contribution in [2.45, 2.75) is 25.9 Å². The smallest absolute Gasteiger partial charge is 0.240 e. The van der Waals surface area contributed by atoms with Crippen LogP contribution in [0.4, 0.5) is 0 Å². The number of amides is 1. The second-order valence-electron chi connectivity index (χ2n) is 5.09. The van der Waals surface area contributed by atoms with E-state index in [-0.39, 0.29) is 18.4 Å². The van der Waals surface area contributed by atoms with Crippen molar-refractivity contribution in [2.24, 2.45) is 0 Å². The molecule has 1 aliphatic heterocycles. The summed E-state index contributed by atoms with van der Waals surface area (Å²) in [5, 5.41) is 8.90. The Morgan fingerprint density at radius 1 is 1.32 bits per heavy atom. The lowest BCUT2D eigenvalue weighted by atomic mass is 10.1. The number of rotatable bonds is 3. The van der Waals surface area contributed by atoms with Crippen LogP contribution < -0.4 is 0 Å². The molecule has 0 aliphatic carbocycles. The number of carbonyl (C=O) groups excluding carboxylic acids is 1. The number of hydrogen-bond donors (Lipinski definition) is 0. The molecule has 0 N–H and O–H groups in total. The van der Waals surface area contributed by atoms with Crippen LogP contribution in [-0.4, -0.2) is 41.9 Å². The van der Waals surface area contributed by atoms with Gasteiger partial charge in [0.2, 0.25) is 5.91 Å². The Labute approximate surface area is 114 Å². The Balaban J connectivity index is 2.11. The van der Waals surface area contributed by atoms with Crippen molar-refractivity contribution < 1.29 is 4.79 Å². The topological polar surface area (TPSA) is 47.3 Å². The van der Waals surface area contributed by atoms with Gasteiger partial charge >= 0.3 is 0 Å². The number of aryl methyl sites for hydroxylation is 1. The van der Waals surface area contributed by atoms with Crippen LogP contribution in [0.15, 0.2) is 24.3 Å². The highest BCUT2D eigenvalue weighted by Gasteiger charge is 2.32. The van der Waals surface area contributed by atoms with E-state index in [0.717, 1.165) is 19.6 Å². The third kappa shape index (κ3) is 3.12. The third-order valence-corrected chi connectivity index (χ3v) is 3.62. The first-order chi connectivity index (χ1) is 9.11. The van der Waals surface area contributed by atoms with E-state index in [1.54, 1.807) is 11.9 Å². The van der Waals surface area contributed by atoms with Crippen LogP contribution in [0.5, 0.6) is 0 Å². The van der Waals surface area contributed by atoms with Crippen molar-refractivity contribution in [1.82, 2.24) is 9.80 Å². The molecule has 2 rings (SSSR count). The maximum atomic E-state index is 12.1. The SMILES string of the molecule is Cc1ccc(CN2CCN(C)C(=O)C2CC#N)cc1. The van der Waals surface area contributed by atoms with E-state index in [4.69, 9.17) is 5.26 Å². The summed E-state index contributed by atoms with van der Waals surface area (Å²) in [5.74, 6) is 0.0555. The summed E-state index contributed by atoms with van der Waals surface area (Å²) in [7, 11) is 1.80. The van der Waals surface area contributed by atoms with Gasteiger partial charge in [0.05, 0.1) is 12.5 Å². The van der Waals surface area contributed by atoms with E-state index < -0.39 is 0 Å². The second kappa shape index (κ2) is 5.85. The predicted molar refractivity (Wildman–Crippen MR) is 73.2 cm³/mol. The molecule has 1 heterocycles. The van der Waals surface area contributed by atoms with Crippen LogP contribution in [0.1, 0.15) is 17.5 Å². The van der Waals surface area contributed by atoms with Crippen LogP contribution in [0.3, 0.4) is 0 Å². The summed E-state index contributed by atoms with van der Waals surface area (Å²) in [4.78, 5) is 15.9. The molecule has 1 fully saturated rings. The van der Waals surface area contributed by atoms with Gasteiger partial charge in [-0.1, -0.05) is 29.8 Å². The maximum Gasteiger partial charge on any atom is 0.240 e. The lowest BCUT2D eigenvalue weighted by molar-refractivity contribution is -0.140. The Morgan fingerprint density at radius 3 is 2.63 bits per heavy atom. The van der Waals surface area contributed by atoms with Gasteiger partial charge in [-0.25, -0.2) is 0 Å². The summed E-state index contributed by atoms with van der Waals surface area (Å²) < 4.78 is 0. The van der Waals surface area contributed by atoms with Crippen LogP contribution in [-0.2, 0) is 11.3 Å². The molecular formula is C15H19N3O. The van der Waals surface area contributed by atoms with E-state index in [2.05, 4.69) is 42.2 Å². The summed E-state index contributed by atoms with van der Waals surface area (Å²) in [6.45, 7) is 4.34. The number of likely N-dealkylation sites (N-methyl/N-ethyl adjacent to an activating group) is 1. The van der Waals surface area contributed by atoms with Crippen molar-refractivity contribution in [3.63, 3.8) is 0 Å². The first kappa shape index (κ1) is 13.6. The molecule has 19 heavy (non-hydrogen) atoms. The molecule has 0 bridgehead atoms. The zero-order chi connectivity index (χ0) is 13.8. The molecule has 0 spiro atoms. The van der Waals surface area contributed by atoms with Gasteiger partial charge in [0.25, 0.3) is 0 Å². The highest BCUT2D eigenvalue weighted by atomic mass is 16.2. The fourth-order valence-corrected chi connectivity index (χ4v) is 2.38. The van der Waals surface area contributed by atoms with E-state index in [1.165, 1.54) is 11.1 Å². The monoisotopic (exact) mass is 257 g/mol. The van der Waals surface area contributed by atoms with Crippen molar-refractivity contribution in [3.8, 4) is 6.07 Å². The number of nitrogens with zero attached hydrogens (tertiary/aromatic N) is 3. The average molecular weight is 257 g/mol. The van der Waals surface area contributed by atoms with Gasteiger partial charge in [-0.05, 0) is 12.5 Å². The van der Waals surface area contributed by atoms with E-state index >= 15 is 0 Å². The normalized spacial score (nSPS) is 20.4. The molecule has 100 valence electrons. The van der Waals surface area contributed by atoms with Crippen molar-refractivity contribution >= 4 is 5.91 Å². The summed E-state index contributed by atoms with van der Waals surface area (Å²) in [6, 6.07) is 10.1. The molecule has 4 heteroatoms. The van der Waals surface area contributed by atoms with Crippen LogP contribution in [0, 0.1) is 18.3 Å². The Bertz CT molecular complexity index is 489. The Kier molecular flexibility index (Phi) is 4.18. The number of piperazine rings is 1. The van der Waals surface area contributed by atoms with Crippen LogP contribution in [0.2, 0.25) is 0 Å². The highest BCUT2D eigenvalue weighted by molar-refractivity contribution is 5.82. The van der Waals surface area contributed by atoms with Gasteiger partial charge in [0.1, 0.15) is 6.04 Å². The molecular weight excluding hydrogens is 238 g/mol. The van der Waals surface area contributed by atoms with E-state index in [1.807, 2.05) is 0 Å². The predicted octanol–water partition coefficient (Wildman–Crippen LogP) is 1.55. The molecule has 1 aromatic rings. The van der Waals surface area contributed by atoms with Crippen molar-refractivity contribution in [2.75, 3.05) is 20.1 Å². The van der Waals surface area contributed by atoms with Crippen LogP contribution >= 0.6 is 0 Å². The minimum atomic E-state index is -0.301. The molecule has 0 saturated carbocycles. The lowest BCUT2D eigenvalue weighted by Crippen LogP contribution is -2.55. The molecule has 1 aromatic carbocycles. The summed E-state index contributed by atoms with van der Waals surface area (Å²) in [5.41, 5.74) is 2.41. The maximum absolute atomic E-state index is 12.1. The molecule has 1 saturated heterocycles. The Hall–Kier alpha value is -1.86. The molecule has 1 unspecified atom stereocenters. The van der Waals surface area contributed by atoms with Crippen LogP contribution in [0.25, 0.3) is 0 Å². The number of carbonyl (C=O) groups is 1. The molecule has 0 aromatic heterocycles. The molecule has 0 radical (unpaired) electrons. The number of benzene rings is 1. The standard InChI is InChI=1S/C15H19N3O/c1-12-3-5-13(6-4-12)11-18-10-9-17(2)15(19)14(18)7-8-16/h3-6,14H,7,9-11H2,1-2H3.